The summed E-state index contributed by atoms with van der Waals surface area (Å²) in [5.74, 6) is 0.298. The number of hydrogen-bond acceptors (Lipinski definition) is 7. The summed E-state index contributed by atoms with van der Waals surface area (Å²) < 4.78 is 113. The van der Waals surface area contributed by atoms with Crippen molar-refractivity contribution < 1.29 is 44.6 Å². The third kappa shape index (κ3) is 5.44. The Hall–Kier alpha value is -2.88. The summed E-state index contributed by atoms with van der Waals surface area (Å²) in [6, 6.07) is 9.15. The number of sulfonamides is 1. The van der Waals surface area contributed by atoms with Gasteiger partial charge in [-0.25, -0.2) is 13.4 Å². The summed E-state index contributed by atoms with van der Waals surface area (Å²) in [4.78, 5) is 5.85. The highest BCUT2D eigenvalue weighted by molar-refractivity contribution is 7.91. The molecule has 1 aromatic carbocycles. The standard InChI is InChI=1S/C24H23F6N3O4S2/c1-37-21-16(4-2-10-31-21)14-19-15-32(39(35,36)20-5-3-13-38-20)11-12-33(19)18-8-6-17(7-9-18)22(34,23(25,26)27)24(28,29)30/h2-10,13,19,34H,11-12,14-15H2,1H3. The molecule has 0 amide bonds. The van der Waals surface area contributed by atoms with Gasteiger partial charge in [0.2, 0.25) is 5.88 Å². The molecule has 0 aliphatic carbocycles. The molecule has 4 rings (SSSR count). The van der Waals surface area contributed by atoms with Crippen LogP contribution in [0.5, 0.6) is 5.88 Å². The number of alkyl halides is 6. The molecule has 0 saturated carbocycles. The zero-order valence-corrected chi connectivity index (χ0v) is 21.9. The zero-order valence-electron chi connectivity index (χ0n) is 20.3. The molecule has 1 aliphatic rings. The van der Waals surface area contributed by atoms with E-state index in [1.807, 2.05) is 0 Å². The molecule has 2 aromatic heterocycles. The van der Waals surface area contributed by atoms with Crippen LogP contribution in [0, 0.1) is 0 Å². The van der Waals surface area contributed by atoms with Crippen LogP contribution in [0.4, 0.5) is 32.0 Å². The highest BCUT2D eigenvalue weighted by Gasteiger charge is 2.71. The Morgan fingerprint density at radius 3 is 2.26 bits per heavy atom. The molecule has 1 N–H and O–H groups in total. The second kappa shape index (κ2) is 10.6. The maximum absolute atomic E-state index is 13.3. The Morgan fingerprint density at radius 1 is 1.03 bits per heavy atom. The van der Waals surface area contributed by atoms with Crippen LogP contribution in [0.2, 0.25) is 0 Å². The van der Waals surface area contributed by atoms with E-state index < -0.39 is 39.6 Å². The van der Waals surface area contributed by atoms with Crippen LogP contribution in [0.15, 0.2) is 64.3 Å². The number of methoxy groups -OCH3 is 1. The average molecular weight is 596 g/mol. The fourth-order valence-electron chi connectivity index (χ4n) is 4.50. The van der Waals surface area contributed by atoms with Crippen molar-refractivity contribution in [3.8, 4) is 5.88 Å². The van der Waals surface area contributed by atoms with Gasteiger partial charge in [-0.15, -0.1) is 11.3 Å². The number of halogens is 6. The van der Waals surface area contributed by atoms with Crippen molar-refractivity contribution in [2.24, 2.45) is 0 Å². The number of aromatic nitrogens is 1. The minimum Gasteiger partial charge on any atom is -0.481 e. The van der Waals surface area contributed by atoms with Gasteiger partial charge in [-0.1, -0.05) is 24.3 Å². The molecule has 15 heteroatoms. The van der Waals surface area contributed by atoms with Crippen LogP contribution < -0.4 is 9.64 Å². The van der Waals surface area contributed by atoms with E-state index in [2.05, 4.69) is 4.98 Å². The van der Waals surface area contributed by atoms with Crippen molar-refractivity contribution in [2.45, 2.75) is 34.6 Å². The van der Waals surface area contributed by atoms with Crippen molar-refractivity contribution in [2.75, 3.05) is 31.6 Å². The maximum Gasteiger partial charge on any atom is 0.430 e. The number of piperazine rings is 1. The molecular weight excluding hydrogens is 572 g/mol. The van der Waals surface area contributed by atoms with E-state index in [1.165, 1.54) is 23.7 Å². The lowest BCUT2D eigenvalue weighted by molar-refractivity contribution is -0.376. The van der Waals surface area contributed by atoms with Gasteiger partial charge in [-0.2, -0.15) is 30.6 Å². The van der Waals surface area contributed by atoms with Gasteiger partial charge in [0.05, 0.1) is 7.11 Å². The van der Waals surface area contributed by atoms with Crippen LogP contribution in [-0.2, 0) is 22.0 Å². The number of pyridine rings is 1. The Morgan fingerprint density at radius 2 is 1.69 bits per heavy atom. The molecule has 1 fully saturated rings. The van der Waals surface area contributed by atoms with Crippen molar-refractivity contribution in [3.05, 3.63) is 71.2 Å². The molecule has 1 saturated heterocycles. The van der Waals surface area contributed by atoms with Crippen molar-refractivity contribution in [3.63, 3.8) is 0 Å². The number of anilines is 1. The highest BCUT2D eigenvalue weighted by Crippen LogP contribution is 2.50. The molecule has 212 valence electrons. The van der Waals surface area contributed by atoms with E-state index in [1.54, 1.807) is 28.5 Å². The van der Waals surface area contributed by atoms with Gasteiger partial charge in [-0.3, -0.25) is 0 Å². The van der Waals surface area contributed by atoms with E-state index in [4.69, 9.17) is 4.74 Å². The molecule has 0 spiro atoms. The summed E-state index contributed by atoms with van der Waals surface area (Å²) in [6.07, 6.45) is -10.3. The van der Waals surface area contributed by atoms with Crippen LogP contribution in [0.25, 0.3) is 0 Å². The molecule has 3 aromatic rings. The van der Waals surface area contributed by atoms with Crippen LogP contribution in [0.3, 0.4) is 0 Å². The SMILES string of the molecule is COc1ncccc1CC1CN(S(=O)(=O)c2cccs2)CCN1c1ccc(C(O)(C(F)(F)F)C(F)(F)F)cc1. The Bertz CT molecular complexity index is 1370. The zero-order chi connectivity index (χ0) is 28.6. The Balaban J connectivity index is 1.69. The van der Waals surface area contributed by atoms with E-state index in [-0.39, 0.29) is 36.0 Å². The molecule has 1 atom stereocenters. The van der Waals surface area contributed by atoms with E-state index in [0.717, 1.165) is 23.5 Å². The number of thiophene rings is 1. The van der Waals surface area contributed by atoms with Gasteiger partial charge in [0.1, 0.15) is 4.21 Å². The smallest absolute Gasteiger partial charge is 0.430 e. The molecule has 7 nitrogen and oxygen atoms in total. The first-order chi connectivity index (χ1) is 18.2. The quantitative estimate of drug-likeness (QED) is 0.403. The van der Waals surface area contributed by atoms with Crippen molar-refractivity contribution >= 4 is 27.0 Å². The number of benzene rings is 1. The molecular formula is C24H23F6N3O4S2. The first-order valence-electron chi connectivity index (χ1n) is 11.4. The predicted octanol–water partition coefficient (Wildman–Crippen LogP) is 4.59. The molecule has 3 heterocycles. The molecule has 0 radical (unpaired) electrons. The number of rotatable bonds is 7. The molecule has 1 aliphatic heterocycles. The highest BCUT2D eigenvalue weighted by atomic mass is 32.2. The van der Waals surface area contributed by atoms with Gasteiger partial charge < -0.3 is 14.7 Å². The summed E-state index contributed by atoms with van der Waals surface area (Å²) in [6.45, 7) is 0.104. The number of nitrogens with zero attached hydrogens (tertiary/aromatic N) is 3. The number of hydrogen-bond donors (Lipinski definition) is 1. The summed E-state index contributed by atoms with van der Waals surface area (Å²) in [7, 11) is -2.41. The van der Waals surface area contributed by atoms with Gasteiger partial charge in [-0.05, 0) is 36.1 Å². The number of aliphatic hydroxyl groups is 1. The predicted molar refractivity (Wildman–Crippen MR) is 131 cm³/mol. The lowest BCUT2D eigenvalue weighted by Crippen LogP contribution is -2.55. The largest absolute Gasteiger partial charge is 0.481 e. The first-order valence-corrected chi connectivity index (χ1v) is 13.8. The monoisotopic (exact) mass is 595 g/mol. The van der Waals surface area contributed by atoms with Crippen LogP contribution >= 0.6 is 11.3 Å². The molecule has 0 bridgehead atoms. The van der Waals surface area contributed by atoms with E-state index in [9.17, 15) is 39.9 Å². The topological polar surface area (TPSA) is 83.0 Å². The van der Waals surface area contributed by atoms with E-state index in [0.29, 0.717) is 23.6 Å². The second-order valence-electron chi connectivity index (χ2n) is 8.77. The van der Waals surface area contributed by atoms with Gasteiger partial charge in [0.25, 0.3) is 15.6 Å². The van der Waals surface area contributed by atoms with Gasteiger partial charge >= 0.3 is 12.4 Å². The summed E-state index contributed by atoms with van der Waals surface area (Å²) in [5, 5.41) is 11.4. The van der Waals surface area contributed by atoms with Gasteiger partial charge in [0, 0.05) is 48.7 Å². The van der Waals surface area contributed by atoms with Gasteiger partial charge in [0.15, 0.2) is 0 Å². The van der Waals surface area contributed by atoms with Crippen LogP contribution in [0.1, 0.15) is 11.1 Å². The Labute approximate surface area is 224 Å². The van der Waals surface area contributed by atoms with Crippen molar-refractivity contribution in [1.82, 2.24) is 9.29 Å². The minimum absolute atomic E-state index is 0.0188. The molecule has 39 heavy (non-hydrogen) atoms. The lowest BCUT2D eigenvalue weighted by atomic mass is 9.92. The summed E-state index contributed by atoms with van der Waals surface area (Å²) >= 11 is 1.06. The van der Waals surface area contributed by atoms with Crippen LogP contribution in [-0.4, -0.2) is 68.0 Å². The number of ether oxygens (including phenoxy) is 1. The molecule has 1 unspecified atom stereocenters. The minimum atomic E-state index is -6.01. The summed E-state index contributed by atoms with van der Waals surface area (Å²) in [5.41, 5.74) is -5.54. The fraction of sp³-hybridized carbons (Fsp3) is 0.375. The Kier molecular flexibility index (Phi) is 7.91. The lowest BCUT2D eigenvalue weighted by Gasteiger charge is -2.42. The normalized spacial score (nSPS) is 17.8. The third-order valence-corrected chi connectivity index (χ3v) is 9.71. The fourth-order valence-corrected chi connectivity index (χ4v) is 7.11. The average Bonchev–Trinajstić information content (AvgIpc) is 3.43. The first kappa shape index (κ1) is 29.1. The second-order valence-corrected chi connectivity index (χ2v) is 11.9. The van der Waals surface area contributed by atoms with Crippen molar-refractivity contribution in [1.29, 1.82) is 0 Å². The maximum atomic E-state index is 13.3. The third-order valence-electron chi connectivity index (χ3n) is 6.47. The van der Waals surface area contributed by atoms with E-state index >= 15 is 0 Å².